The lowest BCUT2D eigenvalue weighted by Crippen LogP contribution is -2.44. The second-order valence-corrected chi connectivity index (χ2v) is 8.17. The number of nitrogens with zero attached hydrogens (tertiary/aromatic N) is 2. The van der Waals surface area contributed by atoms with E-state index >= 15 is 0 Å². The van der Waals surface area contributed by atoms with Gasteiger partial charge in [0.15, 0.2) is 0 Å². The summed E-state index contributed by atoms with van der Waals surface area (Å²) in [5, 5.41) is 0. The molecule has 0 fully saturated rings. The standard InChI is InChI=1S/C19H24N2O4S/c1-15(2)21(16-8-6-5-7-9-16)19(22)14-20(3)26(23,24)18-12-10-17(25-4)11-13-18/h5-13,15H,14H2,1-4H3. The summed E-state index contributed by atoms with van der Waals surface area (Å²) in [5.74, 6) is 0.281. The summed E-state index contributed by atoms with van der Waals surface area (Å²) in [4.78, 5) is 14.5. The van der Waals surface area contributed by atoms with Gasteiger partial charge in [0.25, 0.3) is 0 Å². The van der Waals surface area contributed by atoms with Crippen molar-refractivity contribution in [2.75, 3.05) is 25.6 Å². The Morgan fingerprint density at radius 2 is 1.62 bits per heavy atom. The maximum absolute atomic E-state index is 12.8. The topological polar surface area (TPSA) is 66.9 Å². The van der Waals surface area contributed by atoms with Crippen molar-refractivity contribution in [2.24, 2.45) is 0 Å². The van der Waals surface area contributed by atoms with Gasteiger partial charge in [-0.1, -0.05) is 18.2 Å². The molecule has 2 aromatic carbocycles. The number of ether oxygens (including phenoxy) is 1. The first-order valence-electron chi connectivity index (χ1n) is 8.25. The largest absolute Gasteiger partial charge is 0.497 e. The van der Waals surface area contributed by atoms with Gasteiger partial charge in [-0.15, -0.1) is 0 Å². The van der Waals surface area contributed by atoms with Gasteiger partial charge in [0.2, 0.25) is 15.9 Å². The fraction of sp³-hybridized carbons (Fsp3) is 0.316. The summed E-state index contributed by atoms with van der Waals surface area (Å²) in [6.45, 7) is 3.53. The number of sulfonamides is 1. The van der Waals surface area contributed by atoms with Gasteiger partial charge in [0.05, 0.1) is 18.6 Å². The van der Waals surface area contributed by atoms with E-state index in [4.69, 9.17) is 4.74 Å². The lowest BCUT2D eigenvalue weighted by Gasteiger charge is -2.28. The van der Waals surface area contributed by atoms with Gasteiger partial charge in [-0.05, 0) is 50.2 Å². The van der Waals surface area contributed by atoms with Crippen LogP contribution in [-0.2, 0) is 14.8 Å². The molecule has 0 heterocycles. The zero-order valence-corrected chi connectivity index (χ0v) is 16.2. The summed E-state index contributed by atoms with van der Waals surface area (Å²) >= 11 is 0. The molecule has 0 bridgehead atoms. The van der Waals surface area contributed by atoms with Crippen LogP contribution in [0.25, 0.3) is 0 Å². The van der Waals surface area contributed by atoms with Crippen LogP contribution >= 0.6 is 0 Å². The second-order valence-electron chi connectivity index (χ2n) is 6.13. The number of carbonyl (C=O) groups is 1. The fourth-order valence-corrected chi connectivity index (χ4v) is 3.72. The second kappa shape index (κ2) is 8.33. The minimum absolute atomic E-state index is 0.0954. The van der Waals surface area contributed by atoms with Crippen molar-refractivity contribution >= 4 is 21.6 Å². The molecule has 0 radical (unpaired) electrons. The van der Waals surface area contributed by atoms with Crippen molar-refractivity contribution in [3.8, 4) is 5.75 Å². The highest BCUT2D eigenvalue weighted by Gasteiger charge is 2.27. The average molecular weight is 376 g/mol. The Morgan fingerprint density at radius 1 is 1.04 bits per heavy atom. The maximum Gasteiger partial charge on any atom is 0.243 e. The molecule has 0 saturated heterocycles. The monoisotopic (exact) mass is 376 g/mol. The molecule has 7 heteroatoms. The van der Waals surface area contributed by atoms with Gasteiger partial charge in [-0.3, -0.25) is 4.79 Å². The first-order valence-corrected chi connectivity index (χ1v) is 9.69. The van der Waals surface area contributed by atoms with E-state index in [0.717, 1.165) is 9.99 Å². The van der Waals surface area contributed by atoms with Crippen LogP contribution in [0.3, 0.4) is 0 Å². The molecule has 0 atom stereocenters. The van der Waals surface area contributed by atoms with Crippen LogP contribution in [0.15, 0.2) is 59.5 Å². The van der Waals surface area contributed by atoms with Crippen LogP contribution in [0, 0.1) is 0 Å². The lowest BCUT2D eigenvalue weighted by molar-refractivity contribution is -0.119. The smallest absolute Gasteiger partial charge is 0.243 e. The SMILES string of the molecule is COc1ccc(S(=O)(=O)N(C)CC(=O)N(c2ccccc2)C(C)C)cc1. The predicted molar refractivity (Wildman–Crippen MR) is 102 cm³/mol. The molecule has 1 amide bonds. The normalized spacial score (nSPS) is 11.6. The Bertz CT molecular complexity index is 834. The van der Waals surface area contributed by atoms with Crippen LogP contribution in [0.5, 0.6) is 5.75 Å². The third kappa shape index (κ3) is 4.42. The van der Waals surface area contributed by atoms with Crippen molar-refractivity contribution in [2.45, 2.75) is 24.8 Å². The minimum atomic E-state index is -3.77. The molecule has 0 aliphatic heterocycles. The number of carbonyl (C=O) groups excluding carboxylic acids is 1. The number of hydrogen-bond acceptors (Lipinski definition) is 4. The van der Waals surface area contributed by atoms with E-state index in [1.165, 1.54) is 26.3 Å². The first kappa shape index (κ1) is 19.9. The molecule has 0 unspecified atom stereocenters. The zero-order valence-electron chi connectivity index (χ0n) is 15.4. The molecule has 0 aromatic heterocycles. The summed E-state index contributed by atoms with van der Waals surface area (Å²) in [6, 6.07) is 15.2. The number of likely N-dealkylation sites (N-methyl/N-ethyl adjacent to an activating group) is 1. The van der Waals surface area contributed by atoms with E-state index in [2.05, 4.69) is 0 Å². The van der Waals surface area contributed by atoms with Crippen molar-refractivity contribution in [3.63, 3.8) is 0 Å². The fourth-order valence-electron chi connectivity index (χ4n) is 2.60. The third-order valence-electron chi connectivity index (χ3n) is 3.94. The highest BCUT2D eigenvalue weighted by atomic mass is 32.2. The van der Waals surface area contributed by atoms with Gasteiger partial charge < -0.3 is 9.64 Å². The Morgan fingerprint density at radius 3 is 2.12 bits per heavy atom. The molecule has 0 aliphatic carbocycles. The average Bonchev–Trinajstić information content (AvgIpc) is 2.62. The van der Waals surface area contributed by atoms with Gasteiger partial charge in [-0.2, -0.15) is 4.31 Å². The summed E-state index contributed by atoms with van der Waals surface area (Å²) in [5.41, 5.74) is 0.739. The highest BCUT2D eigenvalue weighted by Crippen LogP contribution is 2.20. The number of para-hydroxylation sites is 1. The third-order valence-corrected chi connectivity index (χ3v) is 5.76. The van der Waals surface area contributed by atoms with E-state index in [9.17, 15) is 13.2 Å². The summed E-state index contributed by atoms with van der Waals surface area (Å²) in [7, 11) is -0.854. The van der Waals surface area contributed by atoms with E-state index < -0.39 is 10.0 Å². The van der Waals surface area contributed by atoms with Gasteiger partial charge in [-0.25, -0.2) is 8.42 Å². The number of anilines is 1. The Balaban J connectivity index is 2.20. The molecular formula is C19H24N2O4S. The molecule has 0 saturated carbocycles. The predicted octanol–water partition coefficient (Wildman–Crippen LogP) is 2.76. The summed E-state index contributed by atoms with van der Waals surface area (Å²) in [6.07, 6.45) is 0. The van der Waals surface area contributed by atoms with E-state index in [0.29, 0.717) is 5.75 Å². The maximum atomic E-state index is 12.8. The molecule has 0 N–H and O–H groups in total. The van der Waals surface area contributed by atoms with Crippen molar-refractivity contribution in [3.05, 3.63) is 54.6 Å². The molecule has 0 spiro atoms. The Hall–Kier alpha value is -2.38. The molecule has 6 nitrogen and oxygen atoms in total. The summed E-state index contributed by atoms with van der Waals surface area (Å²) < 4.78 is 31.5. The van der Waals surface area contributed by atoms with Crippen molar-refractivity contribution < 1.29 is 17.9 Å². The molecule has 140 valence electrons. The van der Waals surface area contributed by atoms with Crippen molar-refractivity contribution in [1.82, 2.24) is 4.31 Å². The quantitative estimate of drug-likeness (QED) is 0.745. The van der Waals surface area contributed by atoms with Gasteiger partial charge >= 0.3 is 0 Å². The van der Waals surface area contributed by atoms with E-state index in [1.807, 2.05) is 44.2 Å². The Kier molecular flexibility index (Phi) is 6.39. The van der Waals surface area contributed by atoms with Crippen LogP contribution in [0.1, 0.15) is 13.8 Å². The van der Waals surface area contributed by atoms with Crippen molar-refractivity contribution in [1.29, 1.82) is 0 Å². The lowest BCUT2D eigenvalue weighted by atomic mass is 10.2. The molecule has 26 heavy (non-hydrogen) atoms. The van der Waals surface area contributed by atoms with Crippen LogP contribution < -0.4 is 9.64 Å². The zero-order chi connectivity index (χ0) is 19.3. The number of benzene rings is 2. The van der Waals surface area contributed by atoms with Crippen LogP contribution in [0.2, 0.25) is 0 Å². The molecule has 0 aliphatic rings. The first-order chi connectivity index (χ1) is 12.3. The molecule has 2 rings (SSSR count). The van der Waals surface area contributed by atoms with Gasteiger partial charge in [0, 0.05) is 18.8 Å². The number of methoxy groups -OCH3 is 1. The van der Waals surface area contributed by atoms with Crippen LogP contribution in [0.4, 0.5) is 5.69 Å². The number of hydrogen-bond donors (Lipinski definition) is 0. The van der Waals surface area contributed by atoms with E-state index in [1.54, 1.807) is 17.0 Å². The molecular weight excluding hydrogens is 352 g/mol. The highest BCUT2D eigenvalue weighted by molar-refractivity contribution is 7.89. The molecule has 2 aromatic rings. The Labute approximate surface area is 155 Å². The minimum Gasteiger partial charge on any atom is -0.497 e. The number of rotatable bonds is 7. The van der Waals surface area contributed by atoms with E-state index in [-0.39, 0.29) is 23.4 Å². The van der Waals surface area contributed by atoms with Gasteiger partial charge in [0.1, 0.15) is 5.75 Å². The van der Waals surface area contributed by atoms with Crippen LogP contribution in [-0.4, -0.2) is 45.4 Å². The number of amides is 1.